The lowest BCUT2D eigenvalue weighted by Crippen LogP contribution is -2.17. The van der Waals surface area contributed by atoms with Gasteiger partial charge in [-0.15, -0.1) is 0 Å². The van der Waals surface area contributed by atoms with Gasteiger partial charge in [-0.1, -0.05) is 11.8 Å². The van der Waals surface area contributed by atoms with E-state index in [4.69, 9.17) is 10.00 Å². The molecule has 1 aromatic heterocycles. The number of rotatable bonds is 5. The number of esters is 1. The minimum Gasteiger partial charge on any atom is -0.465 e. The van der Waals surface area contributed by atoms with Crippen LogP contribution in [0.4, 0.5) is 0 Å². The number of pyridine rings is 1. The van der Waals surface area contributed by atoms with Crippen LogP contribution in [-0.2, 0) is 9.53 Å². The van der Waals surface area contributed by atoms with Crippen LogP contribution in [0.15, 0.2) is 11.1 Å². The third-order valence-electron chi connectivity index (χ3n) is 2.58. The highest BCUT2D eigenvalue weighted by atomic mass is 32.2. The molecule has 0 fully saturated rings. The molecule has 5 nitrogen and oxygen atoms in total. The van der Waals surface area contributed by atoms with Crippen LogP contribution in [0.25, 0.3) is 0 Å². The molecule has 1 rings (SSSR count). The van der Waals surface area contributed by atoms with Gasteiger partial charge in [-0.05, 0) is 33.8 Å². The summed E-state index contributed by atoms with van der Waals surface area (Å²) in [5, 5.41) is 9.12. The first-order valence-electron chi connectivity index (χ1n) is 6.16. The number of thioether (sulfide) groups is 1. The molecule has 0 spiro atoms. The Hall–Kier alpha value is -1.87. The van der Waals surface area contributed by atoms with Crippen molar-refractivity contribution in [3.8, 4) is 6.07 Å². The Morgan fingerprint density at radius 3 is 2.70 bits per heavy atom. The number of hydrogen-bond donors (Lipinski definition) is 0. The van der Waals surface area contributed by atoms with Crippen LogP contribution in [0, 0.1) is 18.3 Å². The zero-order valence-electron chi connectivity index (χ0n) is 11.9. The molecule has 0 aromatic carbocycles. The van der Waals surface area contributed by atoms with E-state index in [1.165, 1.54) is 13.0 Å². The van der Waals surface area contributed by atoms with E-state index in [0.29, 0.717) is 28.5 Å². The van der Waals surface area contributed by atoms with E-state index in [1.54, 1.807) is 20.8 Å². The van der Waals surface area contributed by atoms with Gasteiger partial charge in [0, 0.05) is 11.3 Å². The highest BCUT2D eigenvalue weighted by Gasteiger charge is 2.20. The van der Waals surface area contributed by atoms with Gasteiger partial charge in [0.2, 0.25) is 0 Å². The molecule has 0 aliphatic rings. The van der Waals surface area contributed by atoms with E-state index in [9.17, 15) is 9.59 Å². The number of carbonyl (C=O) groups is 2. The Balaban J connectivity index is 3.07. The Labute approximate surface area is 122 Å². The van der Waals surface area contributed by atoms with Crippen LogP contribution in [0.5, 0.6) is 0 Å². The molecule has 1 aromatic rings. The lowest BCUT2D eigenvalue weighted by molar-refractivity contribution is -0.142. The van der Waals surface area contributed by atoms with Gasteiger partial charge in [0.05, 0.1) is 12.2 Å². The smallest absolute Gasteiger partial charge is 0.319 e. The van der Waals surface area contributed by atoms with Gasteiger partial charge < -0.3 is 4.74 Å². The maximum atomic E-state index is 11.6. The third kappa shape index (κ3) is 3.81. The van der Waals surface area contributed by atoms with E-state index >= 15 is 0 Å². The highest BCUT2D eigenvalue weighted by Crippen LogP contribution is 2.27. The van der Waals surface area contributed by atoms with Gasteiger partial charge in [-0.3, -0.25) is 9.59 Å². The molecular formula is C14H16N2O3S. The van der Waals surface area contributed by atoms with Gasteiger partial charge in [0.15, 0.2) is 5.78 Å². The van der Waals surface area contributed by atoms with Crippen LogP contribution < -0.4 is 0 Å². The van der Waals surface area contributed by atoms with Gasteiger partial charge in [-0.2, -0.15) is 5.26 Å². The van der Waals surface area contributed by atoms with Crippen molar-refractivity contribution in [3.63, 3.8) is 0 Å². The number of ketones is 1. The number of carbonyl (C=O) groups excluding carboxylic acids is 2. The van der Waals surface area contributed by atoms with Gasteiger partial charge in [-0.25, -0.2) is 4.98 Å². The van der Waals surface area contributed by atoms with E-state index in [1.807, 2.05) is 6.07 Å². The summed E-state index contributed by atoms with van der Waals surface area (Å²) in [6.45, 7) is 6.88. The second kappa shape index (κ2) is 7.06. The van der Waals surface area contributed by atoms with Crippen molar-refractivity contribution in [2.75, 3.05) is 6.61 Å². The van der Waals surface area contributed by atoms with Crippen LogP contribution in [0.2, 0.25) is 0 Å². The van der Waals surface area contributed by atoms with Crippen molar-refractivity contribution in [3.05, 3.63) is 22.9 Å². The first-order chi connectivity index (χ1) is 9.40. The average molecular weight is 292 g/mol. The Morgan fingerprint density at radius 2 is 2.20 bits per heavy atom. The Kier molecular flexibility index (Phi) is 5.71. The Bertz CT molecular complexity index is 579. The molecule has 6 heteroatoms. The maximum absolute atomic E-state index is 11.6. The first-order valence-corrected chi connectivity index (χ1v) is 7.04. The molecule has 1 atom stereocenters. The summed E-state index contributed by atoms with van der Waals surface area (Å²) in [5.41, 5.74) is 1.27. The Morgan fingerprint density at radius 1 is 1.55 bits per heavy atom. The lowest BCUT2D eigenvalue weighted by atomic mass is 10.1. The number of aromatic nitrogens is 1. The molecular weight excluding hydrogens is 276 g/mol. The van der Waals surface area contributed by atoms with Crippen LogP contribution in [-0.4, -0.2) is 28.6 Å². The summed E-state index contributed by atoms with van der Waals surface area (Å²) in [7, 11) is 0. The van der Waals surface area contributed by atoms with Gasteiger partial charge >= 0.3 is 5.97 Å². The fraction of sp³-hybridized carbons (Fsp3) is 0.429. The molecule has 0 N–H and O–H groups in total. The molecule has 0 amide bonds. The quantitative estimate of drug-likeness (QED) is 0.471. The van der Waals surface area contributed by atoms with Crippen LogP contribution in [0.1, 0.15) is 42.4 Å². The fourth-order valence-electron chi connectivity index (χ4n) is 1.58. The largest absolute Gasteiger partial charge is 0.465 e. The molecule has 0 unspecified atom stereocenters. The molecule has 20 heavy (non-hydrogen) atoms. The predicted molar refractivity (Wildman–Crippen MR) is 75.6 cm³/mol. The summed E-state index contributed by atoms with van der Waals surface area (Å²) >= 11 is 1.16. The zero-order chi connectivity index (χ0) is 15.3. The molecule has 0 saturated heterocycles. The van der Waals surface area contributed by atoms with Crippen molar-refractivity contribution >= 4 is 23.5 Å². The molecule has 106 valence electrons. The van der Waals surface area contributed by atoms with Crippen molar-refractivity contribution in [1.82, 2.24) is 4.98 Å². The monoisotopic (exact) mass is 292 g/mol. The minimum absolute atomic E-state index is 0.138. The maximum Gasteiger partial charge on any atom is 0.319 e. The molecule has 0 aliphatic carbocycles. The number of ether oxygens (including phenoxy) is 1. The van der Waals surface area contributed by atoms with Crippen molar-refractivity contribution in [2.24, 2.45) is 0 Å². The number of hydrogen-bond acceptors (Lipinski definition) is 6. The number of nitrogens with zero attached hydrogens (tertiary/aromatic N) is 2. The minimum atomic E-state index is -0.461. The average Bonchev–Trinajstić information content (AvgIpc) is 2.38. The second-order valence-corrected chi connectivity index (χ2v) is 5.48. The lowest BCUT2D eigenvalue weighted by Gasteiger charge is -2.12. The topological polar surface area (TPSA) is 80.0 Å². The summed E-state index contributed by atoms with van der Waals surface area (Å²) in [6.07, 6.45) is 0. The van der Waals surface area contributed by atoms with Gasteiger partial charge in [0.1, 0.15) is 16.3 Å². The summed E-state index contributed by atoms with van der Waals surface area (Å²) in [5.74, 6) is -0.488. The number of Topliss-reactive ketones (excluding diaryl/α,β-unsaturated/α-hetero) is 1. The molecule has 0 saturated carbocycles. The first kappa shape index (κ1) is 16.2. The molecule has 0 bridgehead atoms. The van der Waals surface area contributed by atoms with E-state index < -0.39 is 5.25 Å². The summed E-state index contributed by atoms with van der Waals surface area (Å²) < 4.78 is 4.92. The molecule has 0 radical (unpaired) electrons. The molecule has 0 aliphatic heterocycles. The standard InChI is InChI=1S/C14H16N2O3S/c1-5-19-14(18)10(4)20-13-11(7-15)6-12(9(3)17)8(2)16-13/h6,10H,5H2,1-4H3/t10-/m0/s1. The SMILES string of the molecule is CCOC(=O)[C@H](C)Sc1nc(C)c(C(C)=O)cc1C#N. The van der Waals surface area contributed by atoms with Crippen LogP contribution >= 0.6 is 11.8 Å². The normalized spacial score (nSPS) is 11.6. The van der Waals surface area contributed by atoms with Crippen molar-refractivity contribution in [2.45, 2.75) is 38.0 Å². The predicted octanol–water partition coefficient (Wildman–Crippen LogP) is 2.51. The summed E-state index contributed by atoms with van der Waals surface area (Å²) in [4.78, 5) is 27.3. The van der Waals surface area contributed by atoms with Crippen LogP contribution in [0.3, 0.4) is 0 Å². The highest BCUT2D eigenvalue weighted by molar-refractivity contribution is 8.00. The number of nitriles is 1. The molecule has 1 heterocycles. The van der Waals surface area contributed by atoms with E-state index in [2.05, 4.69) is 4.98 Å². The third-order valence-corrected chi connectivity index (χ3v) is 3.67. The fourth-order valence-corrected chi connectivity index (χ4v) is 2.51. The van der Waals surface area contributed by atoms with Crippen molar-refractivity contribution in [1.29, 1.82) is 5.26 Å². The van der Waals surface area contributed by atoms with E-state index in [0.717, 1.165) is 11.8 Å². The second-order valence-electron chi connectivity index (χ2n) is 4.15. The summed E-state index contributed by atoms with van der Waals surface area (Å²) in [6, 6.07) is 3.53. The van der Waals surface area contributed by atoms with Crippen molar-refractivity contribution < 1.29 is 14.3 Å². The zero-order valence-corrected chi connectivity index (χ0v) is 12.7. The number of aryl methyl sites for hydroxylation is 1. The van der Waals surface area contributed by atoms with Gasteiger partial charge in [0.25, 0.3) is 0 Å². The van der Waals surface area contributed by atoms with E-state index in [-0.39, 0.29) is 11.8 Å².